The van der Waals surface area contributed by atoms with Crippen molar-refractivity contribution in [2.24, 2.45) is 0 Å². The average Bonchev–Trinajstić information content (AvgIpc) is 3.56. The minimum atomic E-state index is -0.0406. The summed E-state index contributed by atoms with van der Waals surface area (Å²) in [4.78, 5) is 6.90. The van der Waals surface area contributed by atoms with Gasteiger partial charge in [-0.3, -0.25) is 4.98 Å². The Kier molecular flexibility index (Phi) is 6.43. The standard InChI is InChI=1S/C30H30N4OS/c36-30-32-28(27-13-7-8-19-31-27)29(22-18-20-33(21-22)23-9-3-1-4-10-23)34(30)24-14-16-26(17-15-24)35-25-11-5-2-6-12-25/h2,5-8,11-21,23,28-29H,1,3-4,9-10H2,(H,32,36)/t28-,29-/m1/s1. The number of nitrogens with one attached hydrogen (secondary N) is 1. The molecule has 6 heteroatoms. The van der Waals surface area contributed by atoms with Gasteiger partial charge in [0.2, 0.25) is 0 Å². The lowest BCUT2D eigenvalue weighted by Gasteiger charge is -2.28. The molecule has 2 fully saturated rings. The fourth-order valence-corrected chi connectivity index (χ4v) is 5.83. The van der Waals surface area contributed by atoms with Crippen molar-refractivity contribution in [3.8, 4) is 11.5 Å². The Morgan fingerprint density at radius 1 is 0.833 bits per heavy atom. The van der Waals surface area contributed by atoms with E-state index in [0.717, 1.165) is 22.9 Å². The number of ether oxygens (including phenoxy) is 1. The summed E-state index contributed by atoms with van der Waals surface area (Å²) in [6.07, 6.45) is 12.9. The van der Waals surface area contributed by atoms with E-state index in [1.54, 1.807) is 0 Å². The van der Waals surface area contributed by atoms with Gasteiger partial charge < -0.3 is 19.5 Å². The monoisotopic (exact) mass is 494 g/mol. The molecule has 0 unspecified atom stereocenters. The number of nitrogens with zero attached hydrogens (tertiary/aromatic N) is 3. The number of para-hydroxylation sites is 1. The molecule has 1 N–H and O–H groups in total. The second-order valence-corrected chi connectivity index (χ2v) is 9.98. The number of hydrogen-bond donors (Lipinski definition) is 1. The van der Waals surface area contributed by atoms with E-state index in [-0.39, 0.29) is 12.1 Å². The number of rotatable bonds is 6. The summed E-state index contributed by atoms with van der Waals surface area (Å²) in [6, 6.07) is 26.9. The van der Waals surface area contributed by atoms with Crippen molar-refractivity contribution in [3.05, 3.63) is 109 Å². The molecule has 4 aromatic rings. The van der Waals surface area contributed by atoms with Crippen LogP contribution in [-0.4, -0.2) is 14.7 Å². The molecule has 6 rings (SSSR count). The van der Waals surface area contributed by atoms with Crippen molar-refractivity contribution in [3.63, 3.8) is 0 Å². The summed E-state index contributed by atoms with van der Waals surface area (Å²) in [5, 5.41) is 4.27. The Hall–Kier alpha value is -3.64. The van der Waals surface area contributed by atoms with E-state index >= 15 is 0 Å². The number of aromatic nitrogens is 2. The third kappa shape index (κ3) is 4.61. The topological polar surface area (TPSA) is 42.3 Å². The van der Waals surface area contributed by atoms with E-state index in [2.05, 4.69) is 56.4 Å². The summed E-state index contributed by atoms with van der Waals surface area (Å²) in [5.74, 6) is 1.62. The van der Waals surface area contributed by atoms with Gasteiger partial charge >= 0.3 is 0 Å². The molecule has 36 heavy (non-hydrogen) atoms. The van der Waals surface area contributed by atoms with Gasteiger partial charge in [-0.25, -0.2) is 0 Å². The first-order valence-electron chi connectivity index (χ1n) is 12.8. The van der Waals surface area contributed by atoms with Crippen LogP contribution in [0.1, 0.15) is 61.5 Å². The van der Waals surface area contributed by atoms with Gasteiger partial charge in [-0.1, -0.05) is 43.5 Å². The molecule has 0 amide bonds. The van der Waals surface area contributed by atoms with Crippen LogP contribution in [0, 0.1) is 0 Å². The Morgan fingerprint density at radius 2 is 1.58 bits per heavy atom. The highest BCUT2D eigenvalue weighted by molar-refractivity contribution is 7.80. The van der Waals surface area contributed by atoms with Crippen molar-refractivity contribution in [1.29, 1.82) is 0 Å². The highest BCUT2D eigenvalue weighted by Gasteiger charge is 2.41. The fourth-order valence-electron chi connectivity index (χ4n) is 5.48. The van der Waals surface area contributed by atoms with Crippen LogP contribution in [0.15, 0.2) is 97.5 Å². The van der Waals surface area contributed by atoms with E-state index in [4.69, 9.17) is 17.0 Å². The van der Waals surface area contributed by atoms with Crippen molar-refractivity contribution >= 4 is 23.0 Å². The second kappa shape index (κ2) is 10.2. The summed E-state index contributed by atoms with van der Waals surface area (Å²) in [7, 11) is 0. The van der Waals surface area contributed by atoms with Gasteiger partial charge in [-0.2, -0.15) is 0 Å². The molecule has 1 saturated heterocycles. The third-order valence-corrected chi connectivity index (χ3v) is 7.58. The molecule has 1 saturated carbocycles. The van der Waals surface area contributed by atoms with E-state index in [9.17, 15) is 0 Å². The van der Waals surface area contributed by atoms with Crippen LogP contribution in [0.25, 0.3) is 0 Å². The maximum atomic E-state index is 6.01. The van der Waals surface area contributed by atoms with Crippen LogP contribution in [0.3, 0.4) is 0 Å². The van der Waals surface area contributed by atoms with Crippen molar-refractivity contribution in [1.82, 2.24) is 14.9 Å². The molecule has 5 nitrogen and oxygen atoms in total. The molecule has 0 spiro atoms. The van der Waals surface area contributed by atoms with Gasteiger partial charge in [0.1, 0.15) is 11.5 Å². The van der Waals surface area contributed by atoms with Crippen molar-refractivity contribution in [2.75, 3.05) is 4.90 Å². The summed E-state index contributed by atoms with van der Waals surface area (Å²) >= 11 is 5.90. The van der Waals surface area contributed by atoms with Gasteiger partial charge in [0.15, 0.2) is 5.11 Å². The Bertz CT molecular complexity index is 1300. The molecule has 182 valence electrons. The molecule has 3 heterocycles. The highest BCUT2D eigenvalue weighted by Crippen LogP contribution is 2.42. The highest BCUT2D eigenvalue weighted by atomic mass is 32.1. The predicted octanol–water partition coefficient (Wildman–Crippen LogP) is 7.36. The fraction of sp³-hybridized carbons (Fsp3) is 0.267. The lowest BCUT2D eigenvalue weighted by Crippen LogP contribution is -2.29. The van der Waals surface area contributed by atoms with Crippen molar-refractivity contribution < 1.29 is 4.74 Å². The van der Waals surface area contributed by atoms with Gasteiger partial charge in [-0.05, 0) is 85.2 Å². The van der Waals surface area contributed by atoms with Crippen LogP contribution in [0.5, 0.6) is 11.5 Å². The lowest BCUT2D eigenvalue weighted by atomic mass is 9.95. The number of thiocarbonyl (C=S) groups is 1. The number of hydrogen-bond acceptors (Lipinski definition) is 3. The first kappa shape index (κ1) is 22.8. The van der Waals surface area contributed by atoms with Gasteiger partial charge in [0, 0.05) is 30.3 Å². The molecule has 2 aliphatic rings. The zero-order valence-corrected chi connectivity index (χ0v) is 21.0. The van der Waals surface area contributed by atoms with Gasteiger partial charge in [-0.15, -0.1) is 0 Å². The summed E-state index contributed by atoms with van der Waals surface area (Å²) in [6.45, 7) is 0. The van der Waals surface area contributed by atoms with Gasteiger partial charge in [0.05, 0.1) is 17.8 Å². The molecule has 0 radical (unpaired) electrons. The Balaban J connectivity index is 1.33. The molecule has 1 aliphatic heterocycles. The number of anilines is 1. The molecule has 1 aliphatic carbocycles. The SMILES string of the molecule is S=C1N[C@H](c2ccccn2)[C@@H](c2ccn(C3CCCCC3)c2)N1c1ccc(Oc2ccccc2)cc1. The van der Waals surface area contributed by atoms with Crippen LogP contribution >= 0.6 is 12.2 Å². The van der Waals surface area contributed by atoms with E-state index in [1.165, 1.54) is 37.7 Å². The molecule has 2 aromatic carbocycles. The van der Waals surface area contributed by atoms with E-state index in [1.807, 2.05) is 60.8 Å². The third-order valence-electron chi connectivity index (χ3n) is 7.27. The van der Waals surface area contributed by atoms with Gasteiger partial charge in [0.25, 0.3) is 0 Å². The second-order valence-electron chi connectivity index (χ2n) is 9.59. The largest absolute Gasteiger partial charge is 0.457 e. The zero-order chi connectivity index (χ0) is 24.3. The smallest absolute Gasteiger partial charge is 0.174 e. The summed E-state index contributed by atoms with van der Waals surface area (Å²) < 4.78 is 8.43. The molecule has 0 bridgehead atoms. The number of benzene rings is 2. The molecular formula is C30H30N4OS. The molecule has 2 aromatic heterocycles. The van der Waals surface area contributed by atoms with E-state index < -0.39 is 0 Å². The molecular weight excluding hydrogens is 464 g/mol. The quantitative estimate of drug-likeness (QED) is 0.284. The zero-order valence-electron chi connectivity index (χ0n) is 20.2. The summed E-state index contributed by atoms with van der Waals surface area (Å²) in [5.41, 5.74) is 3.26. The first-order valence-corrected chi connectivity index (χ1v) is 13.2. The maximum Gasteiger partial charge on any atom is 0.174 e. The van der Waals surface area contributed by atoms with Crippen LogP contribution < -0.4 is 15.0 Å². The first-order chi connectivity index (χ1) is 17.8. The number of pyridine rings is 1. The molecule has 2 atom stereocenters. The minimum Gasteiger partial charge on any atom is -0.457 e. The normalized spacial score (nSPS) is 20.3. The maximum absolute atomic E-state index is 6.01. The average molecular weight is 495 g/mol. The Labute approximate surface area is 217 Å². The lowest BCUT2D eigenvalue weighted by molar-refractivity contribution is 0.353. The van der Waals surface area contributed by atoms with Crippen LogP contribution in [0.4, 0.5) is 5.69 Å². The minimum absolute atomic E-state index is 0.00173. The van der Waals surface area contributed by atoms with Crippen molar-refractivity contribution in [2.45, 2.75) is 50.2 Å². The van der Waals surface area contributed by atoms with E-state index in [0.29, 0.717) is 11.2 Å². The Morgan fingerprint density at radius 3 is 2.33 bits per heavy atom. The predicted molar refractivity (Wildman–Crippen MR) is 147 cm³/mol. The van der Waals surface area contributed by atoms with Crippen LogP contribution in [0.2, 0.25) is 0 Å². The van der Waals surface area contributed by atoms with Crippen LogP contribution in [-0.2, 0) is 0 Å².